The van der Waals surface area contributed by atoms with Crippen LogP contribution in [-0.4, -0.2) is 35.9 Å². The number of ether oxygens (including phenoxy) is 1. The third-order valence-corrected chi connectivity index (χ3v) is 5.49. The van der Waals surface area contributed by atoms with Crippen LogP contribution in [0.2, 0.25) is 0 Å². The summed E-state index contributed by atoms with van der Waals surface area (Å²) in [4.78, 5) is 0. The van der Waals surface area contributed by atoms with Gasteiger partial charge in [-0.25, -0.2) is 0 Å². The van der Waals surface area contributed by atoms with Gasteiger partial charge in [-0.2, -0.15) is 0 Å². The van der Waals surface area contributed by atoms with Crippen molar-refractivity contribution in [1.29, 1.82) is 0 Å². The zero-order chi connectivity index (χ0) is 13.4. The van der Waals surface area contributed by atoms with Gasteiger partial charge in [-0.05, 0) is 5.56 Å². The first kappa shape index (κ1) is 15.1. The van der Waals surface area contributed by atoms with Crippen molar-refractivity contribution in [2.75, 3.05) is 21.3 Å². The van der Waals surface area contributed by atoms with Crippen molar-refractivity contribution in [3.63, 3.8) is 0 Å². The Morgan fingerprint density at radius 3 is 2.11 bits per heavy atom. The molecule has 1 aromatic rings. The molecule has 0 amide bonds. The molecular weight excluding hydrogens is 248 g/mol. The van der Waals surface area contributed by atoms with E-state index < -0.39 is 14.5 Å². The van der Waals surface area contributed by atoms with E-state index in [2.05, 4.69) is 6.58 Å². The third-order valence-electron chi connectivity index (χ3n) is 2.69. The van der Waals surface area contributed by atoms with Gasteiger partial charge in [-0.15, -0.1) is 6.58 Å². The summed E-state index contributed by atoms with van der Waals surface area (Å²) in [6.45, 7) is 4.21. The van der Waals surface area contributed by atoms with Crippen molar-refractivity contribution in [2.45, 2.75) is 12.3 Å². The molecule has 0 aliphatic rings. The van der Waals surface area contributed by atoms with Crippen LogP contribution in [0.4, 0.5) is 0 Å². The molecule has 0 heterocycles. The molecule has 1 unspecified atom stereocenters. The minimum atomic E-state index is -2.84. The first-order valence-electron chi connectivity index (χ1n) is 5.66. The molecule has 100 valence electrons. The molecule has 0 aliphatic heterocycles. The van der Waals surface area contributed by atoms with Gasteiger partial charge in [0.25, 0.3) is 0 Å². The molecule has 0 aliphatic carbocycles. The summed E-state index contributed by atoms with van der Waals surface area (Å²) < 4.78 is 21.9. The van der Waals surface area contributed by atoms with Gasteiger partial charge in [0.1, 0.15) is 5.73 Å². The maximum Gasteiger partial charge on any atom is 0.534 e. The lowest BCUT2D eigenvalue weighted by Gasteiger charge is -2.30. The highest BCUT2D eigenvalue weighted by molar-refractivity contribution is 6.62. The average molecular weight is 268 g/mol. The molecule has 1 rings (SSSR count). The minimum absolute atomic E-state index is 0.391. The molecule has 1 aromatic carbocycles. The van der Waals surface area contributed by atoms with Crippen molar-refractivity contribution in [1.82, 2.24) is 0 Å². The van der Waals surface area contributed by atoms with Crippen LogP contribution in [-0.2, 0) is 24.6 Å². The lowest BCUT2D eigenvalue weighted by atomic mass is 10.2. The van der Waals surface area contributed by atoms with Crippen LogP contribution in [0.3, 0.4) is 0 Å². The third kappa shape index (κ3) is 3.50. The van der Waals surface area contributed by atoms with Crippen LogP contribution in [0.25, 0.3) is 0 Å². The standard InChI is InChI=1S/C13H20O4Si/c1-5-13(18(14-2,15-3)16-4)17-11-12-9-7-6-8-10-12/h5-10,13H,1,11H2,2-4H3. The Kier molecular flexibility index (Phi) is 6.24. The Morgan fingerprint density at radius 1 is 1.11 bits per heavy atom. The van der Waals surface area contributed by atoms with Crippen LogP contribution in [0, 0.1) is 0 Å². The highest BCUT2D eigenvalue weighted by atomic mass is 28.4. The van der Waals surface area contributed by atoms with E-state index in [4.69, 9.17) is 18.0 Å². The van der Waals surface area contributed by atoms with Crippen LogP contribution in [0.1, 0.15) is 5.56 Å². The van der Waals surface area contributed by atoms with Crippen molar-refractivity contribution in [3.8, 4) is 0 Å². The number of rotatable bonds is 8. The molecule has 0 bridgehead atoms. The molecule has 0 radical (unpaired) electrons. The summed E-state index contributed by atoms with van der Waals surface area (Å²) in [5.74, 6) is 0. The van der Waals surface area contributed by atoms with Gasteiger partial charge in [0.15, 0.2) is 0 Å². The van der Waals surface area contributed by atoms with Crippen LogP contribution < -0.4 is 0 Å². The average Bonchev–Trinajstić information content (AvgIpc) is 2.45. The molecule has 0 N–H and O–H groups in total. The van der Waals surface area contributed by atoms with Crippen LogP contribution in [0.5, 0.6) is 0 Å². The summed E-state index contributed by atoms with van der Waals surface area (Å²) in [5.41, 5.74) is 0.688. The maximum atomic E-state index is 5.78. The fraction of sp³-hybridized carbons (Fsp3) is 0.385. The highest BCUT2D eigenvalue weighted by Crippen LogP contribution is 2.17. The van der Waals surface area contributed by atoms with Crippen LogP contribution >= 0.6 is 0 Å². The first-order valence-corrected chi connectivity index (χ1v) is 7.46. The normalized spacial score (nSPS) is 13.3. The van der Waals surface area contributed by atoms with Gasteiger partial charge in [0, 0.05) is 21.3 Å². The molecule has 1 atom stereocenters. The van der Waals surface area contributed by atoms with Crippen molar-refractivity contribution >= 4 is 8.80 Å². The second-order valence-electron chi connectivity index (χ2n) is 3.67. The Balaban J connectivity index is 2.69. The quantitative estimate of drug-likeness (QED) is 0.535. The predicted octanol–water partition coefficient (Wildman–Crippen LogP) is 2.18. The summed E-state index contributed by atoms with van der Waals surface area (Å²) in [7, 11) is 1.83. The first-order chi connectivity index (χ1) is 8.72. The fourth-order valence-electron chi connectivity index (χ4n) is 1.67. The van der Waals surface area contributed by atoms with Gasteiger partial charge >= 0.3 is 8.80 Å². The number of hydrogen-bond donors (Lipinski definition) is 0. The Morgan fingerprint density at radius 2 is 1.67 bits per heavy atom. The summed E-state index contributed by atoms with van der Waals surface area (Å²) in [6, 6.07) is 9.89. The van der Waals surface area contributed by atoms with E-state index in [1.807, 2.05) is 30.3 Å². The van der Waals surface area contributed by atoms with E-state index in [1.54, 1.807) is 27.4 Å². The van der Waals surface area contributed by atoms with E-state index >= 15 is 0 Å². The zero-order valence-corrected chi connectivity index (χ0v) is 12.1. The van der Waals surface area contributed by atoms with Gasteiger partial charge in [-0.1, -0.05) is 36.4 Å². The van der Waals surface area contributed by atoms with E-state index in [0.29, 0.717) is 6.61 Å². The maximum absolute atomic E-state index is 5.78. The Labute approximate surface area is 110 Å². The van der Waals surface area contributed by atoms with Gasteiger partial charge in [0.05, 0.1) is 6.61 Å². The lowest BCUT2D eigenvalue weighted by molar-refractivity contribution is 0.0263. The highest BCUT2D eigenvalue weighted by Gasteiger charge is 2.47. The van der Waals surface area contributed by atoms with E-state index in [0.717, 1.165) is 5.56 Å². The molecule has 0 spiro atoms. The van der Waals surface area contributed by atoms with E-state index in [9.17, 15) is 0 Å². The topological polar surface area (TPSA) is 36.9 Å². The molecule has 0 aromatic heterocycles. The molecule has 4 nitrogen and oxygen atoms in total. The molecule has 18 heavy (non-hydrogen) atoms. The van der Waals surface area contributed by atoms with Crippen molar-refractivity contribution < 1.29 is 18.0 Å². The van der Waals surface area contributed by atoms with Crippen molar-refractivity contribution in [2.24, 2.45) is 0 Å². The molecule has 0 saturated heterocycles. The van der Waals surface area contributed by atoms with Crippen LogP contribution in [0.15, 0.2) is 43.0 Å². The number of benzene rings is 1. The van der Waals surface area contributed by atoms with Gasteiger partial charge < -0.3 is 18.0 Å². The van der Waals surface area contributed by atoms with E-state index in [1.165, 1.54) is 0 Å². The minimum Gasteiger partial charge on any atom is -0.375 e. The largest absolute Gasteiger partial charge is 0.534 e. The molecule has 0 saturated carbocycles. The summed E-state index contributed by atoms with van der Waals surface area (Å²) in [6.07, 6.45) is 1.66. The second kappa shape index (κ2) is 7.45. The smallest absolute Gasteiger partial charge is 0.375 e. The second-order valence-corrected chi connectivity index (χ2v) is 6.67. The van der Waals surface area contributed by atoms with Gasteiger partial charge in [-0.3, -0.25) is 0 Å². The monoisotopic (exact) mass is 268 g/mol. The SMILES string of the molecule is C=CC(OCc1ccccc1)[Si](OC)(OC)OC. The van der Waals surface area contributed by atoms with Gasteiger partial charge in [0.2, 0.25) is 0 Å². The van der Waals surface area contributed by atoms with E-state index in [-0.39, 0.29) is 0 Å². The predicted molar refractivity (Wildman–Crippen MR) is 72.0 cm³/mol. The number of hydrogen-bond acceptors (Lipinski definition) is 4. The Bertz CT molecular complexity index is 343. The van der Waals surface area contributed by atoms with Crippen molar-refractivity contribution in [3.05, 3.63) is 48.6 Å². The summed E-state index contributed by atoms with van der Waals surface area (Å²) in [5, 5.41) is 0. The lowest BCUT2D eigenvalue weighted by Crippen LogP contribution is -2.54. The zero-order valence-electron chi connectivity index (χ0n) is 11.1. The summed E-state index contributed by atoms with van der Waals surface area (Å²) >= 11 is 0. The molecular formula is C13H20O4Si. The fourth-order valence-corrected chi connectivity index (χ4v) is 3.45. The Hall–Kier alpha value is -0.983. The molecule has 0 fully saturated rings. The molecule has 5 heteroatoms.